The van der Waals surface area contributed by atoms with E-state index in [0.29, 0.717) is 11.0 Å². The van der Waals surface area contributed by atoms with Crippen LogP contribution in [0.3, 0.4) is 0 Å². The van der Waals surface area contributed by atoms with Gasteiger partial charge in [0.15, 0.2) is 5.82 Å². The molecule has 1 aromatic carbocycles. The van der Waals surface area contributed by atoms with E-state index < -0.39 is 0 Å². The molecule has 21 heavy (non-hydrogen) atoms. The third-order valence-corrected chi connectivity index (χ3v) is 3.55. The Balaban J connectivity index is 2.26. The lowest BCUT2D eigenvalue weighted by Gasteiger charge is -2.18. The Bertz CT molecular complexity index is 801. The van der Waals surface area contributed by atoms with Gasteiger partial charge in [0.2, 0.25) is 0 Å². The van der Waals surface area contributed by atoms with Crippen molar-refractivity contribution in [2.75, 3.05) is 0 Å². The van der Waals surface area contributed by atoms with E-state index in [4.69, 9.17) is 16.6 Å². The van der Waals surface area contributed by atoms with Gasteiger partial charge < -0.3 is 0 Å². The normalized spacial score (nSPS) is 11.8. The van der Waals surface area contributed by atoms with Crippen molar-refractivity contribution in [3.05, 3.63) is 53.4 Å². The van der Waals surface area contributed by atoms with Crippen LogP contribution in [0.5, 0.6) is 0 Å². The fraction of sp³-hybridized carbons (Fsp3) is 0.235. The molecule has 0 amide bonds. The van der Waals surface area contributed by atoms with Crippen LogP contribution < -0.4 is 0 Å². The molecule has 3 nitrogen and oxygen atoms in total. The Labute approximate surface area is 129 Å². The van der Waals surface area contributed by atoms with Crippen molar-refractivity contribution in [1.82, 2.24) is 15.0 Å². The molecule has 0 atom stereocenters. The first-order valence-electron chi connectivity index (χ1n) is 6.84. The molecular weight excluding hydrogens is 282 g/mol. The quantitative estimate of drug-likeness (QED) is 0.614. The lowest BCUT2D eigenvalue weighted by atomic mass is 9.92. The van der Waals surface area contributed by atoms with Gasteiger partial charge in [-0.05, 0) is 18.2 Å². The van der Waals surface area contributed by atoms with E-state index in [1.807, 2.05) is 36.4 Å². The Hall–Kier alpha value is -2.00. The summed E-state index contributed by atoms with van der Waals surface area (Å²) in [7, 11) is 0. The molecule has 106 valence electrons. The second-order valence-corrected chi connectivity index (χ2v) is 6.41. The molecule has 0 bridgehead atoms. The summed E-state index contributed by atoms with van der Waals surface area (Å²) in [6.45, 7) is 6.33. The number of rotatable bonds is 1. The summed E-state index contributed by atoms with van der Waals surface area (Å²) in [6.07, 6.45) is 1.78. The Morgan fingerprint density at radius 2 is 1.76 bits per heavy atom. The highest BCUT2D eigenvalue weighted by Crippen LogP contribution is 2.29. The molecule has 4 heteroatoms. The highest BCUT2D eigenvalue weighted by molar-refractivity contribution is 6.29. The van der Waals surface area contributed by atoms with Gasteiger partial charge in [0, 0.05) is 22.6 Å². The zero-order valence-corrected chi connectivity index (χ0v) is 13.0. The van der Waals surface area contributed by atoms with Crippen LogP contribution in [0.15, 0.2) is 42.6 Å². The number of hydrogen-bond donors (Lipinski definition) is 0. The van der Waals surface area contributed by atoms with Crippen LogP contribution in [0.1, 0.15) is 26.5 Å². The van der Waals surface area contributed by atoms with E-state index in [0.717, 1.165) is 22.2 Å². The lowest BCUT2D eigenvalue weighted by Crippen LogP contribution is -2.14. The molecule has 0 spiro atoms. The summed E-state index contributed by atoms with van der Waals surface area (Å²) in [5.74, 6) is 0.644. The topological polar surface area (TPSA) is 38.7 Å². The molecule has 3 rings (SSSR count). The molecule has 2 heterocycles. The highest BCUT2D eigenvalue weighted by atomic mass is 35.5. The minimum Gasteiger partial charge on any atom is -0.256 e. The molecule has 0 radical (unpaired) electrons. The molecule has 0 saturated carbocycles. The number of fused-ring (bicyclic) bond motifs is 1. The lowest BCUT2D eigenvalue weighted by molar-refractivity contribution is 0.568. The van der Waals surface area contributed by atoms with Gasteiger partial charge in [-0.25, -0.2) is 9.97 Å². The third-order valence-electron chi connectivity index (χ3n) is 3.35. The zero-order chi connectivity index (χ0) is 15.0. The first-order valence-corrected chi connectivity index (χ1v) is 7.22. The van der Waals surface area contributed by atoms with E-state index in [1.165, 1.54) is 0 Å². The molecule has 0 aliphatic heterocycles. The molecule has 0 fully saturated rings. The summed E-state index contributed by atoms with van der Waals surface area (Å²) >= 11 is 6.19. The minimum atomic E-state index is -0.0792. The van der Waals surface area contributed by atoms with Gasteiger partial charge >= 0.3 is 0 Å². The van der Waals surface area contributed by atoms with Gasteiger partial charge in [-0.2, -0.15) is 0 Å². The van der Waals surface area contributed by atoms with Gasteiger partial charge in [-0.3, -0.25) is 4.98 Å². The number of hydrogen-bond acceptors (Lipinski definition) is 3. The van der Waals surface area contributed by atoms with Gasteiger partial charge in [0.1, 0.15) is 5.15 Å². The molecule has 0 saturated heterocycles. The van der Waals surface area contributed by atoms with E-state index in [1.54, 1.807) is 6.20 Å². The SMILES string of the molecule is CC(C)(C)c1cc(Cl)nc(-c2ccnc3ccccc23)n1. The fourth-order valence-electron chi connectivity index (χ4n) is 2.21. The van der Waals surface area contributed by atoms with E-state index in [9.17, 15) is 0 Å². The number of nitrogens with zero attached hydrogens (tertiary/aromatic N) is 3. The monoisotopic (exact) mass is 297 g/mol. The van der Waals surface area contributed by atoms with Crippen LogP contribution in [-0.2, 0) is 5.41 Å². The standard InChI is InChI=1S/C17H16ClN3/c1-17(2,3)14-10-15(18)21-16(20-14)12-8-9-19-13-7-5-4-6-11(12)13/h4-10H,1-3H3. The number of benzene rings is 1. The smallest absolute Gasteiger partial charge is 0.161 e. The van der Waals surface area contributed by atoms with Crippen LogP contribution in [0, 0.1) is 0 Å². The van der Waals surface area contributed by atoms with Crippen molar-refractivity contribution in [2.45, 2.75) is 26.2 Å². The van der Waals surface area contributed by atoms with Crippen molar-refractivity contribution in [3.63, 3.8) is 0 Å². The maximum absolute atomic E-state index is 6.19. The highest BCUT2D eigenvalue weighted by Gasteiger charge is 2.18. The van der Waals surface area contributed by atoms with Crippen molar-refractivity contribution in [2.24, 2.45) is 0 Å². The molecule has 2 aromatic heterocycles. The Morgan fingerprint density at radius 1 is 1.00 bits per heavy atom. The number of para-hydroxylation sites is 1. The first kappa shape index (κ1) is 14.0. The average Bonchev–Trinajstić information content (AvgIpc) is 2.45. The maximum Gasteiger partial charge on any atom is 0.161 e. The van der Waals surface area contributed by atoms with Crippen molar-refractivity contribution < 1.29 is 0 Å². The summed E-state index contributed by atoms with van der Waals surface area (Å²) < 4.78 is 0. The first-order chi connectivity index (χ1) is 9.95. The Morgan fingerprint density at radius 3 is 2.52 bits per heavy atom. The van der Waals surface area contributed by atoms with Gasteiger partial charge in [-0.1, -0.05) is 50.6 Å². The molecule has 0 N–H and O–H groups in total. The maximum atomic E-state index is 6.19. The number of pyridine rings is 1. The molecule has 0 aliphatic rings. The minimum absolute atomic E-state index is 0.0792. The average molecular weight is 298 g/mol. The van der Waals surface area contributed by atoms with Crippen LogP contribution >= 0.6 is 11.6 Å². The van der Waals surface area contributed by atoms with Crippen molar-refractivity contribution >= 4 is 22.5 Å². The number of aromatic nitrogens is 3. The van der Waals surface area contributed by atoms with Crippen molar-refractivity contribution in [1.29, 1.82) is 0 Å². The van der Waals surface area contributed by atoms with E-state index in [2.05, 4.69) is 30.7 Å². The molecule has 0 unspecified atom stereocenters. The van der Waals surface area contributed by atoms with Crippen molar-refractivity contribution in [3.8, 4) is 11.4 Å². The largest absolute Gasteiger partial charge is 0.256 e. The van der Waals surface area contributed by atoms with E-state index >= 15 is 0 Å². The van der Waals surface area contributed by atoms with Crippen LogP contribution in [0.4, 0.5) is 0 Å². The molecule has 3 aromatic rings. The third kappa shape index (κ3) is 2.74. The van der Waals surface area contributed by atoms with Crippen LogP contribution in [0.2, 0.25) is 5.15 Å². The Kier molecular flexibility index (Phi) is 3.38. The molecule has 0 aliphatic carbocycles. The summed E-state index contributed by atoms with van der Waals surface area (Å²) in [5.41, 5.74) is 2.73. The van der Waals surface area contributed by atoms with Gasteiger partial charge in [0.25, 0.3) is 0 Å². The predicted molar refractivity (Wildman–Crippen MR) is 86.5 cm³/mol. The number of halogens is 1. The fourth-order valence-corrected chi connectivity index (χ4v) is 2.40. The second-order valence-electron chi connectivity index (χ2n) is 6.03. The summed E-state index contributed by atoms with van der Waals surface area (Å²) in [5, 5.41) is 1.49. The van der Waals surface area contributed by atoms with E-state index in [-0.39, 0.29) is 5.41 Å². The summed E-state index contributed by atoms with van der Waals surface area (Å²) in [6, 6.07) is 11.7. The predicted octanol–water partition coefficient (Wildman–Crippen LogP) is 4.64. The molecular formula is C17H16ClN3. The van der Waals surface area contributed by atoms with Gasteiger partial charge in [0.05, 0.1) is 11.2 Å². The second kappa shape index (κ2) is 5.08. The van der Waals surface area contributed by atoms with Crippen LogP contribution in [-0.4, -0.2) is 15.0 Å². The van der Waals surface area contributed by atoms with Gasteiger partial charge in [-0.15, -0.1) is 0 Å². The summed E-state index contributed by atoms with van der Waals surface area (Å²) in [4.78, 5) is 13.5. The zero-order valence-electron chi connectivity index (χ0n) is 12.3. The van der Waals surface area contributed by atoms with Crippen LogP contribution in [0.25, 0.3) is 22.3 Å².